The molecule has 0 aliphatic heterocycles. The van der Waals surface area contributed by atoms with Crippen LogP contribution < -0.4 is 0 Å². The topological polar surface area (TPSA) is 0 Å². The van der Waals surface area contributed by atoms with Gasteiger partial charge >= 0.3 is 0 Å². The Bertz CT molecular complexity index is 2300. The van der Waals surface area contributed by atoms with Gasteiger partial charge in [0, 0.05) is 41.8 Å². The normalized spacial score (nSPS) is 14.2. The minimum Gasteiger partial charge on any atom is -0.144 e. The molecular weight excluding hydrogens is 609 g/mol. The third kappa shape index (κ3) is 2.92. The molecule has 44 heavy (non-hydrogen) atoms. The van der Waals surface area contributed by atoms with Gasteiger partial charge in [-0.3, -0.25) is 0 Å². The third-order valence-electron chi connectivity index (χ3n) is 9.55. The maximum absolute atomic E-state index is 2.41. The summed E-state index contributed by atoms with van der Waals surface area (Å²) in [4.78, 5) is 5.36. The highest BCUT2D eigenvalue weighted by Gasteiger charge is 2.32. The summed E-state index contributed by atoms with van der Waals surface area (Å²) in [5.41, 5.74) is 11.0. The van der Waals surface area contributed by atoms with E-state index < -0.39 is 0 Å². The fourth-order valence-corrected chi connectivity index (χ4v) is 11.1. The first-order chi connectivity index (χ1) is 21.9. The van der Waals surface area contributed by atoms with Crippen molar-refractivity contribution < 1.29 is 0 Å². The van der Waals surface area contributed by atoms with Gasteiger partial charge in [-0.1, -0.05) is 72.8 Å². The lowest BCUT2D eigenvalue weighted by Crippen LogP contribution is -1.92. The van der Waals surface area contributed by atoms with E-state index in [4.69, 9.17) is 0 Å². The van der Waals surface area contributed by atoms with Crippen molar-refractivity contribution in [3.63, 3.8) is 0 Å². The van der Waals surface area contributed by atoms with Crippen LogP contribution in [0.15, 0.2) is 119 Å². The van der Waals surface area contributed by atoms with Crippen molar-refractivity contribution in [1.82, 2.24) is 0 Å². The zero-order valence-corrected chi connectivity index (χ0v) is 26.4. The summed E-state index contributed by atoms with van der Waals surface area (Å²) in [6.07, 6.45) is 0. The molecule has 9 aromatic rings. The van der Waals surface area contributed by atoms with Gasteiger partial charge in [0.15, 0.2) is 0 Å². The Hall–Kier alpha value is -4.32. The lowest BCUT2D eigenvalue weighted by atomic mass is 9.85. The van der Waals surface area contributed by atoms with E-state index >= 15 is 0 Å². The SMILES string of the molecule is c1csc(C2=C(c3cccs3)c3ccc4c5ccc6c7c(ccc(c8ccc2c3c84)c75)C(c2cccs2)=C6c2cccs2)c1. The van der Waals surface area contributed by atoms with Gasteiger partial charge in [-0.25, -0.2) is 0 Å². The molecule has 0 bridgehead atoms. The van der Waals surface area contributed by atoms with Crippen LogP contribution in [-0.4, -0.2) is 0 Å². The summed E-state index contributed by atoms with van der Waals surface area (Å²) in [5, 5.41) is 19.9. The number of thiophene rings is 4. The molecule has 0 saturated carbocycles. The fraction of sp³-hybridized carbons (Fsp3) is 0. The molecule has 204 valence electrons. The molecule has 0 unspecified atom stereocenters. The quantitative estimate of drug-likeness (QED) is 0.134. The summed E-state index contributed by atoms with van der Waals surface area (Å²) >= 11 is 7.36. The summed E-state index contributed by atoms with van der Waals surface area (Å²) in [7, 11) is 0. The molecule has 4 heteroatoms. The molecule has 0 atom stereocenters. The zero-order valence-electron chi connectivity index (χ0n) is 23.2. The number of hydrogen-bond donors (Lipinski definition) is 0. The van der Waals surface area contributed by atoms with Crippen molar-refractivity contribution in [2.24, 2.45) is 0 Å². The summed E-state index contributed by atoms with van der Waals surface area (Å²) in [5.74, 6) is 0. The first-order valence-electron chi connectivity index (χ1n) is 14.7. The van der Waals surface area contributed by atoms with E-state index in [2.05, 4.69) is 119 Å². The van der Waals surface area contributed by atoms with Gasteiger partial charge in [0.2, 0.25) is 0 Å². The molecule has 0 nitrogen and oxygen atoms in total. The molecule has 0 saturated heterocycles. The van der Waals surface area contributed by atoms with E-state index in [1.165, 1.54) is 107 Å². The van der Waals surface area contributed by atoms with Crippen molar-refractivity contribution in [2.75, 3.05) is 0 Å². The molecule has 0 spiro atoms. The number of hydrogen-bond acceptors (Lipinski definition) is 4. The van der Waals surface area contributed by atoms with Crippen LogP contribution in [0.3, 0.4) is 0 Å². The van der Waals surface area contributed by atoms with Crippen LogP contribution in [0.4, 0.5) is 0 Å². The predicted octanol–water partition coefficient (Wildman–Crippen LogP) is 12.6. The van der Waals surface area contributed by atoms with E-state index in [1.807, 2.05) is 45.3 Å². The van der Waals surface area contributed by atoms with Crippen LogP contribution in [-0.2, 0) is 0 Å². The van der Waals surface area contributed by atoms with E-state index in [9.17, 15) is 0 Å². The zero-order chi connectivity index (χ0) is 28.5. The van der Waals surface area contributed by atoms with Gasteiger partial charge in [0.05, 0.1) is 0 Å². The van der Waals surface area contributed by atoms with Gasteiger partial charge in [-0.15, -0.1) is 45.3 Å². The minimum absolute atomic E-state index is 1.34. The first kappa shape index (κ1) is 24.1. The van der Waals surface area contributed by atoms with Crippen LogP contribution in [0.25, 0.3) is 65.4 Å². The molecule has 0 N–H and O–H groups in total. The second-order valence-electron chi connectivity index (χ2n) is 11.6. The van der Waals surface area contributed by atoms with Crippen LogP contribution in [0.1, 0.15) is 41.8 Å². The molecule has 5 aromatic carbocycles. The van der Waals surface area contributed by atoms with E-state index in [-0.39, 0.29) is 0 Å². The van der Waals surface area contributed by atoms with Crippen LogP contribution in [0.2, 0.25) is 0 Å². The Labute approximate surface area is 269 Å². The van der Waals surface area contributed by atoms with Crippen molar-refractivity contribution in [2.45, 2.75) is 0 Å². The number of fused-ring (bicyclic) bond motifs is 2. The lowest BCUT2D eigenvalue weighted by Gasteiger charge is -2.17. The summed E-state index contributed by atoms with van der Waals surface area (Å²) in [6, 6.07) is 37.1. The average Bonchev–Trinajstić information content (AvgIpc) is 3.90. The largest absolute Gasteiger partial charge is 0.144 e. The van der Waals surface area contributed by atoms with Crippen molar-refractivity contribution >= 4 is 111 Å². The molecule has 4 aromatic heterocycles. The van der Waals surface area contributed by atoms with Crippen molar-refractivity contribution in [1.29, 1.82) is 0 Å². The van der Waals surface area contributed by atoms with Crippen LogP contribution in [0.5, 0.6) is 0 Å². The Morgan fingerprint density at radius 1 is 0.273 bits per heavy atom. The molecular formula is C40H20S4. The van der Waals surface area contributed by atoms with Gasteiger partial charge < -0.3 is 0 Å². The highest BCUT2D eigenvalue weighted by atomic mass is 32.1. The third-order valence-corrected chi connectivity index (χ3v) is 13.1. The smallest absolute Gasteiger partial charge is 0.0355 e. The predicted molar refractivity (Wildman–Crippen MR) is 195 cm³/mol. The van der Waals surface area contributed by atoms with Gasteiger partial charge in [-0.05, 0) is 111 Å². The molecule has 11 rings (SSSR count). The van der Waals surface area contributed by atoms with Crippen molar-refractivity contribution in [3.8, 4) is 0 Å². The molecule has 0 radical (unpaired) electrons. The molecule has 4 heterocycles. The van der Waals surface area contributed by atoms with Crippen LogP contribution >= 0.6 is 45.3 Å². The molecule has 0 amide bonds. The van der Waals surface area contributed by atoms with Gasteiger partial charge in [-0.2, -0.15) is 0 Å². The van der Waals surface area contributed by atoms with Crippen LogP contribution in [0, 0.1) is 0 Å². The molecule has 0 fully saturated rings. The first-order valence-corrected chi connectivity index (χ1v) is 18.2. The van der Waals surface area contributed by atoms with Gasteiger partial charge in [0.1, 0.15) is 0 Å². The van der Waals surface area contributed by atoms with E-state index in [0.717, 1.165) is 0 Å². The Morgan fingerprint density at radius 2 is 0.545 bits per heavy atom. The van der Waals surface area contributed by atoms with E-state index in [1.54, 1.807) is 0 Å². The van der Waals surface area contributed by atoms with E-state index in [0.29, 0.717) is 0 Å². The summed E-state index contributed by atoms with van der Waals surface area (Å²) < 4.78 is 0. The summed E-state index contributed by atoms with van der Waals surface area (Å²) in [6.45, 7) is 0. The Balaban J connectivity index is 1.27. The monoisotopic (exact) mass is 628 g/mol. The fourth-order valence-electron chi connectivity index (χ4n) is 7.97. The highest BCUT2D eigenvalue weighted by Crippen LogP contribution is 2.56. The van der Waals surface area contributed by atoms with Crippen molar-refractivity contribution in [3.05, 3.63) is 160 Å². The van der Waals surface area contributed by atoms with Gasteiger partial charge in [0.25, 0.3) is 0 Å². The Kier molecular flexibility index (Phi) is 4.73. The maximum Gasteiger partial charge on any atom is 0.0355 e. The lowest BCUT2D eigenvalue weighted by molar-refractivity contribution is 1.71. The average molecular weight is 629 g/mol. The maximum atomic E-state index is 2.41. The second-order valence-corrected chi connectivity index (χ2v) is 15.3. The number of benzene rings is 5. The molecule has 2 aliphatic rings. The number of rotatable bonds is 4. The standard InChI is InChI=1S/C40H20S4/c1-5-29(41-17-1)37-25-13-9-21-23-11-15-27-36-28(40(32-8-4-20-44-32)39(27)31-7-3-19-43-31)16-12-24(34(23)36)22-10-14-26(35(25)33(21)22)38(37)30-6-2-18-42-30/h1-20H. The Morgan fingerprint density at radius 3 is 0.773 bits per heavy atom. The minimum atomic E-state index is 1.34. The highest BCUT2D eigenvalue weighted by molar-refractivity contribution is 7.13. The molecule has 2 aliphatic carbocycles. The second kappa shape index (κ2) is 8.65.